The standard InChI is InChI=1S/C16H24N2O5/c1-10(2)23-14-8-12(6-7-13(14)22-5)17-16(21)18(4)9-11(3)15(19)20/h6-8,10-11H,9H2,1-5H3,(H,17,21)(H,19,20). The van der Waals surface area contributed by atoms with E-state index in [1.54, 1.807) is 39.3 Å². The molecular weight excluding hydrogens is 300 g/mol. The molecular formula is C16H24N2O5. The zero-order valence-corrected chi connectivity index (χ0v) is 14.1. The number of hydrogen-bond acceptors (Lipinski definition) is 4. The highest BCUT2D eigenvalue weighted by Crippen LogP contribution is 2.31. The summed E-state index contributed by atoms with van der Waals surface area (Å²) in [6.45, 7) is 5.46. The summed E-state index contributed by atoms with van der Waals surface area (Å²) in [6.07, 6.45) is -0.0334. The first-order valence-corrected chi connectivity index (χ1v) is 7.34. The molecule has 1 unspecified atom stereocenters. The van der Waals surface area contributed by atoms with E-state index < -0.39 is 17.9 Å². The summed E-state index contributed by atoms with van der Waals surface area (Å²) in [7, 11) is 3.09. The third-order valence-corrected chi connectivity index (χ3v) is 3.09. The van der Waals surface area contributed by atoms with Gasteiger partial charge in [-0.25, -0.2) is 4.79 Å². The molecule has 0 fully saturated rings. The number of carboxylic acid groups (broad SMARTS) is 1. The molecule has 1 atom stereocenters. The molecule has 0 spiro atoms. The second-order valence-electron chi connectivity index (χ2n) is 5.58. The number of nitrogens with one attached hydrogen (secondary N) is 1. The van der Waals surface area contributed by atoms with Gasteiger partial charge >= 0.3 is 12.0 Å². The van der Waals surface area contributed by atoms with E-state index in [0.29, 0.717) is 17.2 Å². The van der Waals surface area contributed by atoms with Gasteiger partial charge in [-0.2, -0.15) is 0 Å². The Balaban J connectivity index is 2.79. The Bertz CT molecular complexity index is 559. The number of hydrogen-bond donors (Lipinski definition) is 2. The Labute approximate surface area is 136 Å². The molecule has 0 radical (unpaired) electrons. The fourth-order valence-electron chi connectivity index (χ4n) is 1.89. The van der Waals surface area contributed by atoms with Crippen molar-refractivity contribution < 1.29 is 24.2 Å². The van der Waals surface area contributed by atoms with Crippen molar-refractivity contribution >= 4 is 17.7 Å². The van der Waals surface area contributed by atoms with Gasteiger partial charge in [-0.3, -0.25) is 4.79 Å². The van der Waals surface area contributed by atoms with Crippen LogP contribution in [0.2, 0.25) is 0 Å². The summed E-state index contributed by atoms with van der Waals surface area (Å²) in [5.41, 5.74) is 0.543. The fraction of sp³-hybridized carbons (Fsp3) is 0.500. The third kappa shape index (κ3) is 5.69. The van der Waals surface area contributed by atoms with Gasteiger partial charge in [0.05, 0.1) is 19.1 Å². The van der Waals surface area contributed by atoms with E-state index in [2.05, 4.69) is 5.32 Å². The van der Waals surface area contributed by atoms with Crippen molar-refractivity contribution in [1.82, 2.24) is 4.90 Å². The van der Waals surface area contributed by atoms with Crippen LogP contribution >= 0.6 is 0 Å². The molecule has 0 aliphatic carbocycles. The number of carboxylic acids is 1. The number of benzene rings is 1. The number of carbonyl (C=O) groups is 2. The average Bonchev–Trinajstić information content (AvgIpc) is 2.46. The van der Waals surface area contributed by atoms with Crippen LogP contribution in [0.1, 0.15) is 20.8 Å². The summed E-state index contributed by atoms with van der Waals surface area (Å²) in [6, 6.07) is 4.68. The SMILES string of the molecule is COc1ccc(NC(=O)N(C)CC(C)C(=O)O)cc1OC(C)C. The summed E-state index contributed by atoms with van der Waals surface area (Å²) in [4.78, 5) is 24.3. The first-order chi connectivity index (χ1) is 10.7. The van der Waals surface area contributed by atoms with Gasteiger partial charge in [0.1, 0.15) is 0 Å². The van der Waals surface area contributed by atoms with Gasteiger partial charge in [0.15, 0.2) is 11.5 Å². The molecule has 128 valence electrons. The number of anilines is 1. The minimum atomic E-state index is -0.943. The number of urea groups is 1. The number of methoxy groups -OCH3 is 1. The van der Waals surface area contributed by atoms with Crippen LogP contribution in [0.15, 0.2) is 18.2 Å². The van der Waals surface area contributed by atoms with Crippen molar-refractivity contribution in [2.24, 2.45) is 5.92 Å². The van der Waals surface area contributed by atoms with Gasteiger partial charge in [-0.05, 0) is 26.0 Å². The fourth-order valence-corrected chi connectivity index (χ4v) is 1.89. The van der Waals surface area contributed by atoms with Crippen molar-refractivity contribution in [3.8, 4) is 11.5 Å². The summed E-state index contributed by atoms with van der Waals surface area (Å²) in [5.74, 6) is -0.477. The number of carbonyl (C=O) groups excluding carboxylic acids is 1. The summed E-state index contributed by atoms with van der Waals surface area (Å²) in [5, 5.41) is 11.6. The predicted octanol–water partition coefficient (Wildman–Crippen LogP) is 2.67. The highest BCUT2D eigenvalue weighted by atomic mass is 16.5. The number of rotatable bonds is 7. The van der Waals surface area contributed by atoms with E-state index in [-0.39, 0.29) is 12.6 Å². The lowest BCUT2D eigenvalue weighted by Gasteiger charge is -2.20. The van der Waals surface area contributed by atoms with E-state index in [9.17, 15) is 9.59 Å². The smallest absolute Gasteiger partial charge is 0.321 e. The minimum absolute atomic E-state index is 0.0334. The van der Waals surface area contributed by atoms with Crippen LogP contribution in [0.25, 0.3) is 0 Å². The van der Waals surface area contributed by atoms with Crippen molar-refractivity contribution in [2.45, 2.75) is 26.9 Å². The maximum Gasteiger partial charge on any atom is 0.321 e. The molecule has 1 rings (SSSR count). The zero-order valence-electron chi connectivity index (χ0n) is 14.1. The molecule has 2 N–H and O–H groups in total. The molecule has 0 saturated carbocycles. The molecule has 2 amide bonds. The number of aliphatic carboxylic acids is 1. The first-order valence-electron chi connectivity index (χ1n) is 7.34. The second-order valence-corrected chi connectivity index (χ2v) is 5.58. The van der Waals surface area contributed by atoms with Crippen LogP contribution in [-0.4, -0.2) is 48.8 Å². The van der Waals surface area contributed by atoms with E-state index in [1.807, 2.05) is 13.8 Å². The first kappa shape index (κ1) is 18.6. The summed E-state index contributed by atoms with van der Waals surface area (Å²) < 4.78 is 10.9. The lowest BCUT2D eigenvalue weighted by Crippen LogP contribution is -2.36. The largest absolute Gasteiger partial charge is 0.493 e. The van der Waals surface area contributed by atoms with E-state index in [1.165, 1.54) is 4.90 Å². The molecule has 0 aliphatic rings. The molecule has 1 aromatic carbocycles. The Hall–Kier alpha value is -2.44. The number of amides is 2. The Morgan fingerprint density at radius 1 is 1.26 bits per heavy atom. The molecule has 7 nitrogen and oxygen atoms in total. The third-order valence-electron chi connectivity index (χ3n) is 3.09. The minimum Gasteiger partial charge on any atom is -0.493 e. The topological polar surface area (TPSA) is 88.1 Å². The van der Waals surface area contributed by atoms with E-state index >= 15 is 0 Å². The highest BCUT2D eigenvalue weighted by molar-refractivity contribution is 5.89. The number of ether oxygens (including phenoxy) is 2. The lowest BCUT2D eigenvalue weighted by atomic mass is 10.2. The molecule has 0 bridgehead atoms. The van der Waals surface area contributed by atoms with Gasteiger partial charge in [-0.15, -0.1) is 0 Å². The highest BCUT2D eigenvalue weighted by Gasteiger charge is 2.18. The van der Waals surface area contributed by atoms with E-state index in [4.69, 9.17) is 14.6 Å². The van der Waals surface area contributed by atoms with Crippen LogP contribution in [-0.2, 0) is 4.79 Å². The van der Waals surface area contributed by atoms with Gasteiger partial charge in [0.2, 0.25) is 0 Å². The molecule has 7 heteroatoms. The zero-order chi connectivity index (χ0) is 17.6. The Morgan fingerprint density at radius 3 is 2.43 bits per heavy atom. The normalized spacial score (nSPS) is 11.7. The van der Waals surface area contributed by atoms with Crippen molar-refractivity contribution in [1.29, 1.82) is 0 Å². The van der Waals surface area contributed by atoms with Gasteiger partial charge < -0.3 is 24.8 Å². The predicted molar refractivity (Wildman–Crippen MR) is 87.2 cm³/mol. The Kier molecular flexibility index (Phi) is 6.68. The Morgan fingerprint density at radius 2 is 1.91 bits per heavy atom. The monoisotopic (exact) mass is 324 g/mol. The summed E-state index contributed by atoms with van der Waals surface area (Å²) >= 11 is 0. The maximum atomic E-state index is 12.1. The van der Waals surface area contributed by atoms with E-state index in [0.717, 1.165) is 0 Å². The van der Waals surface area contributed by atoms with Crippen molar-refractivity contribution in [3.63, 3.8) is 0 Å². The molecule has 23 heavy (non-hydrogen) atoms. The van der Waals surface area contributed by atoms with Crippen LogP contribution in [0.3, 0.4) is 0 Å². The number of nitrogens with zero attached hydrogens (tertiary/aromatic N) is 1. The molecule has 1 aromatic rings. The quantitative estimate of drug-likeness (QED) is 0.805. The van der Waals surface area contributed by atoms with Crippen molar-refractivity contribution in [3.05, 3.63) is 18.2 Å². The van der Waals surface area contributed by atoms with Gasteiger partial charge in [0.25, 0.3) is 0 Å². The van der Waals surface area contributed by atoms with Crippen LogP contribution in [0.5, 0.6) is 11.5 Å². The molecule has 0 aliphatic heterocycles. The molecule has 0 saturated heterocycles. The lowest BCUT2D eigenvalue weighted by molar-refractivity contribution is -0.141. The average molecular weight is 324 g/mol. The second kappa shape index (κ2) is 8.26. The molecule has 0 heterocycles. The maximum absolute atomic E-state index is 12.1. The van der Waals surface area contributed by atoms with Crippen molar-refractivity contribution in [2.75, 3.05) is 26.0 Å². The van der Waals surface area contributed by atoms with Crippen LogP contribution in [0.4, 0.5) is 10.5 Å². The van der Waals surface area contributed by atoms with Crippen LogP contribution < -0.4 is 14.8 Å². The van der Waals surface area contributed by atoms with Gasteiger partial charge in [-0.1, -0.05) is 6.92 Å². The molecule has 0 aromatic heterocycles. The van der Waals surface area contributed by atoms with Gasteiger partial charge in [0, 0.05) is 25.3 Å². The van der Waals surface area contributed by atoms with Crippen LogP contribution in [0, 0.1) is 5.92 Å².